The van der Waals surface area contributed by atoms with Crippen LogP contribution in [0.5, 0.6) is 0 Å². The second-order valence-electron chi connectivity index (χ2n) is 1.57. The highest BCUT2D eigenvalue weighted by atomic mass is 19.1. The fourth-order valence-corrected chi connectivity index (χ4v) is 0.187. The summed E-state index contributed by atoms with van der Waals surface area (Å²) in [5.41, 5.74) is 0. The second kappa shape index (κ2) is 4.06. The molecule has 0 aliphatic heterocycles. The Labute approximate surface area is 47.7 Å². The molecule has 0 bridgehead atoms. The van der Waals surface area contributed by atoms with Gasteiger partial charge in [-0.3, -0.25) is 4.39 Å². The summed E-state index contributed by atoms with van der Waals surface area (Å²) in [5, 5.41) is 0. The van der Waals surface area contributed by atoms with Gasteiger partial charge in [-0.15, -0.1) is 0 Å². The molecule has 1 nitrogen and oxygen atoms in total. The Morgan fingerprint density at radius 2 is 2.71 bits per heavy atom. The Bertz CT molecular complexity index is 93.4. The molecule has 0 spiro atoms. The summed E-state index contributed by atoms with van der Waals surface area (Å²) in [5.74, 6) is -0.333. The van der Waals surface area contributed by atoms with E-state index < -0.39 is 13.7 Å². The van der Waals surface area contributed by atoms with Crippen LogP contribution in [-0.4, -0.2) is 20.3 Å². The average molecular weight is 109 g/mol. The van der Waals surface area contributed by atoms with Crippen LogP contribution in [0.4, 0.5) is 4.39 Å². The third kappa shape index (κ3) is 3.73. The molecular weight excluding hydrogens is 95.1 g/mol. The molecule has 0 aromatic heterocycles. The molecule has 0 rings (SSSR count). The Kier molecular flexibility index (Phi) is 1.75. The molecule has 0 aromatic carbocycles. The van der Waals surface area contributed by atoms with Crippen LogP contribution in [0, 0.1) is 5.92 Å². The van der Waals surface area contributed by atoms with Crippen molar-refractivity contribution in [3.05, 3.63) is 0 Å². The first-order chi connectivity index (χ1) is 4.45. The number of halogens is 1. The first-order valence-electron chi connectivity index (χ1n) is 3.65. The third-order valence-electron chi connectivity index (χ3n) is 0.631. The molecular formula is C5H11FO. The zero-order valence-electron chi connectivity index (χ0n) is 7.28. The molecule has 0 aromatic rings. The van der Waals surface area contributed by atoms with Crippen molar-refractivity contribution in [3.63, 3.8) is 0 Å². The second-order valence-corrected chi connectivity index (χ2v) is 1.57. The number of rotatable bonds is 3. The minimum Gasteiger partial charge on any atom is -0.384 e. The van der Waals surface area contributed by atoms with Crippen molar-refractivity contribution in [1.82, 2.24) is 0 Å². The molecule has 2 heteroatoms. The Hall–Kier alpha value is -0.110. The van der Waals surface area contributed by atoms with Crippen molar-refractivity contribution in [2.75, 3.05) is 20.3 Å². The van der Waals surface area contributed by atoms with Crippen LogP contribution in [0.2, 0.25) is 0 Å². The van der Waals surface area contributed by atoms with Crippen molar-refractivity contribution in [2.45, 2.75) is 6.92 Å². The number of hydrogen-bond donors (Lipinski definition) is 0. The highest BCUT2D eigenvalue weighted by Crippen LogP contribution is 1.93. The zero-order valence-corrected chi connectivity index (χ0v) is 4.28. The smallest absolute Gasteiger partial charge is 0.0941 e. The molecule has 0 radical (unpaired) electrons. The minimum atomic E-state index is -2.39. The van der Waals surface area contributed by atoms with Gasteiger partial charge in [0.1, 0.15) is 0 Å². The summed E-state index contributed by atoms with van der Waals surface area (Å²) >= 11 is 0. The van der Waals surface area contributed by atoms with Crippen LogP contribution >= 0.6 is 0 Å². The van der Waals surface area contributed by atoms with Crippen LogP contribution < -0.4 is 0 Å². The van der Waals surface area contributed by atoms with Crippen LogP contribution in [0.15, 0.2) is 0 Å². The van der Waals surface area contributed by atoms with E-state index in [4.69, 9.17) is 4.11 Å². The van der Waals surface area contributed by atoms with Gasteiger partial charge in [-0.05, 0) is 0 Å². The highest BCUT2D eigenvalue weighted by molar-refractivity contribution is 4.44. The van der Waals surface area contributed by atoms with Gasteiger partial charge in [0.25, 0.3) is 0 Å². The summed E-state index contributed by atoms with van der Waals surface area (Å²) in [6, 6.07) is 0. The van der Waals surface area contributed by atoms with Crippen molar-refractivity contribution < 1.29 is 13.2 Å². The Morgan fingerprint density at radius 3 is 3.14 bits per heavy atom. The lowest BCUT2D eigenvalue weighted by Crippen LogP contribution is -2.04. The lowest BCUT2D eigenvalue weighted by Gasteiger charge is -2.01. The van der Waals surface area contributed by atoms with Crippen molar-refractivity contribution in [2.24, 2.45) is 5.92 Å². The SMILES string of the molecule is [2H]C([2H])([2H])OCC(C)CF. The lowest BCUT2D eigenvalue weighted by molar-refractivity contribution is 0.145. The van der Waals surface area contributed by atoms with Gasteiger partial charge in [-0.2, -0.15) is 0 Å². The number of hydrogen-bond acceptors (Lipinski definition) is 1. The fourth-order valence-electron chi connectivity index (χ4n) is 0.187. The van der Waals surface area contributed by atoms with Crippen LogP contribution in [0.1, 0.15) is 11.0 Å². The third-order valence-corrected chi connectivity index (χ3v) is 0.631. The van der Waals surface area contributed by atoms with E-state index in [2.05, 4.69) is 4.74 Å². The molecule has 7 heavy (non-hydrogen) atoms. The summed E-state index contributed by atoms with van der Waals surface area (Å²) in [6.07, 6.45) is 0. The molecule has 0 saturated heterocycles. The number of ether oxygens (including phenoxy) is 1. The molecule has 0 amide bonds. The van der Waals surface area contributed by atoms with E-state index >= 15 is 0 Å². The summed E-state index contributed by atoms with van der Waals surface area (Å²) in [7, 11) is -2.39. The molecule has 0 fully saturated rings. The minimum absolute atomic E-state index is 0.0486. The predicted molar refractivity (Wildman–Crippen MR) is 27.0 cm³/mol. The maximum Gasteiger partial charge on any atom is 0.0941 e. The predicted octanol–water partition coefficient (Wildman–Crippen LogP) is 1.24. The fraction of sp³-hybridized carbons (Fsp3) is 1.00. The first-order valence-corrected chi connectivity index (χ1v) is 2.15. The van der Waals surface area contributed by atoms with Crippen LogP contribution in [0.25, 0.3) is 0 Å². The van der Waals surface area contributed by atoms with Gasteiger partial charge in [0.05, 0.1) is 17.4 Å². The normalized spacial score (nSPS) is 22.3. The van der Waals surface area contributed by atoms with E-state index in [9.17, 15) is 4.39 Å². The van der Waals surface area contributed by atoms with Crippen LogP contribution in [-0.2, 0) is 4.74 Å². The quantitative estimate of drug-likeness (QED) is 0.529. The van der Waals surface area contributed by atoms with Gasteiger partial charge in [0.2, 0.25) is 0 Å². The molecule has 0 heterocycles. The summed E-state index contributed by atoms with van der Waals surface area (Å²) in [6.45, 7) is 0.995. The Morgan fingerprint density at radius 1 is 2.00 bits per heavy atom. The van der Waals surface area contributed by atoms with Gasteiger partial charge >= 0.3 is 0 Å². The van der Waals surface area contributed by atoms with E-state index in [1.54, 1.807) is 6.92 Å². The maximum absolute atomic E-state index is 11.7. The highest BCUT2D eigenvalue weighted by Gasteiger charge is 1.96. The number of methoxy groups -OCH3 is 1. The molecule has 1 atom stereocenters. The van der Waals surface area contributed by atoms with Gasteiger partial charge in [-0.1, -0.05) is 6.92 Å². The molecule has 0 N–H and O–H groups in total. The van der Waals surface area contributed by atoms with E-state index in [1.807, 2.05) is 0 Å². The van der Waals surface area contributed by atoms with Gasteiger partial charge in [-0.25, -0.2) is 0 Å². The van der Waals surface area contributed by atoms with Gasteiger partial charge in [0, 0.05) is 13.0 Å². The summed E-state index contributed by atoms with van der Waals surface area (Å²) < 4.78 is 35.8. The molecule has 0 aliphatic rings. The standard InChI is InChI=1S/C5H11FO/c1-5(3-6)4-7-2/h5H,3-4H2,1-2H3/i2D3. The zero-order chi connectivity index (χ0) is 8.20. The van der Waals surface area contributed by atoms with E-state index in [-0.39, 0.29) is 12.5 Å². The lowest BCUT2D eigenvalue weighted by atomic mass is 10.2. The molecule has 44 valence electrons. The molecule has 1 unspecified atom stereocenters. The van der Waals surface area contributed by atoms with Gasteiger partial charge < -0.3 is 4.74 Å². The Balaban J connectivity index is 3.36. The maximum atomic E-state index is 11.7. The first kappa shape index (κ1) is 3.02. The molecule has 0 aliphatic carbocycles. The van der Waals surface area contributed by atoms with E-state index in [0.29, 0.717) is 0 Å². The van der Waals surface area contributed by atoms with Gasteiger partial charge in [0.15, 0.2) is 0 Å². The van der Waals surface area contributed by atoms with E-state index in [0.717, 1.165) is 0 Å². The summed E-state index contributed by atoms with van der Waals surface area (Å²) in [4.78, 5) is 0. The van der Waals surface area contributed by atoms with Crippen molar-refractivity contribution in [1.29, 1.82) is 0 Å². The van der Waals surface area contributed by atoms with E-state index in [1.165, 1.54) is 0 Å². The number of alkyl halides is 1. The van der Waals surface area contributed by atoms with Crippen molar-refractivity contribution in [3.8, 4) is 0 Å². The molecule has 0 saturated carbocycles. The van der Waals surface area contributed by atoms with Crippen molar-refractivity contribution >= 4 is 0 Å². The van der Waals surface area contributed by atoms with Crippen LogP contribution in [0.3, 0.4) is 0 Å². The average Bonchev–Trinajstić information content (AvgIpc) is 1.81. The topological polar surface area (TPSA) is 9.23 Å². The monoisotopic (exact) mass is 109 g/mol. The largest absolute Gasteiger partial charge is 0.384 e.